The molecule has 22 heavy (non-hydrogen) atoms. The van der Waals surface area contributed by atoms with Crippen LogP contribution in [-0.4, -0.2) is 25.6 Å². The number of aliphatic carboxylic acids is 1. The van der Waals surface area contributed by atoms with E-state index in [1.807, 2.05) is 12.1 Å². The molecule has 2 heterocycles. The Hall–Kier alpha value is -2.45. The molecular weight excluding hydrogens is 312 g/mol. The summed E-state index contributed by atoms with van der Waals surface area (Å²) in [7, 11) is 1.80. The Kier molecular flexibility index (Phi) is 7.20. The van der Waals surface area contributed by atoms with Gasteiger partial charge in [0.2, 0.25) is 5.70 Å². The zero-order valence-corrected chi connectivity index (χ0v) is 13.2. The molecule has 9 heteroatoms. The third kappa shape index (κ3) is 4.83. The summed E-state index contributed by atoms with van der Waals surface area (Å²) >= 11 is 5.99. The molecule has 2 rings (SSSR count). The first kappa shape index (κ1) is 19.6. The van der Waals surface area contributed by atoms with Gasteiger partial charge in [-0.05, 0) is 12.1 Å². The highest BCUT2D eigenvalue weighted by molar-refractivity contribution is 6.33. The molecular formula is C13H17ClN4O4. The van der Waals surface area contributed by atoms with Crippen molar-refractivity contribution in [2.45, 2.75) is 13.8 Å². The number of carbonyl (C=O) groups is 1. The molecule has 0 amide bonds. The molecule has 120 valence electrons. The number of halogens is 1. The van der Waals surface area contributed by atoms with Crippen LogP contribution in [0.25, 0.3) is 17.0 Å². The predicted molar refractivity (Wildman–Crippen MR) is 84.7 cm³/mol. The van der Waals surface area contributed by atoms with Crippen LogP contribution in [0.4, 0.5) is 0 Å². The smallest absolute Gasteiger partial charge is 0.300 e. The van der Waals surface area contributed by atoms with E-state index < -0.39 is 10.9 Å². The van der Waals surface area contributed by atoms with Gasteiger partial charge in [-0.15, -0.1) is 0 Å². The van der Waals surface area contributed by atoms with Gasteiger partial charge in [-0.3, -0.25) is 14.9 Å². The van der Waals surface area contributed by atoms with Gasteiger partial charge in [0.15, 0.2) is 5.15 Å². The van der Waals surface area contributed by atoms with Gasteiger partial charge < -0.3 is 15.8 Å². The molecule has 0 unspecified atom stereocenters. The van der Waals surface area contributed by atoms with Crippen LogP contribution in [0.1, 0.15) is 19.5 Å². The van der Waals surface area contributed by atoms with E-state index in [-0.39, 0.29) is 11.8 Å². The summed E-state index contributed by atoms with van der Waals surface area (Å²) in [5.41, 5.74) is 1.58. The van der Waals surface area contributed by atoms with Crippen molar-refractivity contribution in [2.75, 3.05) is 0 Å². The Labute approximate surface area is 131 Å². The van der Waals surface area contributed by atoms with Gasteiger partial charge in [0.25, 0.3) is 5.97 Å². The maximum Gasteiger partial charge on any atom is 0.300 e. The lowest BCUT2D eigenvalue weighted by atomic mass is 10.3. The fraction of sp³-hybridized carbons (Fsp3) is 0.231. The Morgan fingerprint density at radius 2 is 2.05 bits per heavy atom. The molecule has 8 nitrogen and oxygen atoms in total. The number of pyridine rings is 1. The number of allylic oxidation sites excluding steroid dienone is 1. The number of nitrogens with zero attached hydrogens (tertiary/aromatic N) is 3. The maximum atomic E-state index is 10.6. The third-order valence-corrected chi connectivity index (χ3v) is 2.86. The highest BCUT2D eigenvalue weighted by Gasteiger charge is 2.10. The van der Waals surface area contributed by atoms with E-state index in [4.69, 9.17) is 21.5 Å². The average molecular weight is 329 g/mol. The lowest BCUT2D eigenvalue weighted by molar-refractivity contribution is -0.422. The summed E-state index contributed by atoms with van der Waals surface area (Å²) in [5, 5.41) is 19.3. The SMILES string of the molecule is C/C(=C\c1cc2ccnc(Cl)c2n1C)[N+](=O)[O-].CC(=O)O.N. The number of carboxylic acids is 1. The van der Waals surface area contributed by atoms with Gasteiger partial charge in [0.05, 0.1) is 10.4 Å². The number of aromatic nitrogens is 2. The largest absolute Gasteiger partial charge is 0.481 e. The van der Waals surface area contributed by atoms with Crippen molar-refractivity contribution in [3.63, 3.8) is 0 Å². The van der Waals surface area contributed by atoms with E-state index in [1.54, 1.807) is 17.8 Å². The minimum atomic E-state index is -0.833. The van der Waals surface area contributed by atoms with Crippen LogP contribution in [0, 0.1) is 10.1 Å². The molecule has 0 saturated heterocycles. The van der Waals surface area contributed by atoms with E-state index in [2.05, 4.69) is 4.98 Å². The second kappa shape index (κ2) is 8.11. The second-order valence-corrected chi connectivity index (χ2v) is 4.59. The van der Waals surface area contributed by atoms with Crippen molar-refractivity contribution < 1.29 is 14.8 Å². The summed E-state index contributed by atoms with van der Waals surface area (Å²) in [5.74, 6) is -0.833. The van der Waals surface area contributed by atoms with Crippen LogP contribution in [0.5, 0.6) is 0 Å². The predicted octanol–water partition coefficient (Wildman–Crippen LogP) is 3.12. The first-order chi connectivity index (χ1) is 9.73. The molecule has 0 atom stereocenters. The van der Waals surface area contributed by atoms with E-state index in [0.29, 0.717) is 5.15 Å². The summed E-state index contributed by atoms with van der Waals surface area (Å²) in [6.07, 6.45) is 3.12. The number of hydrogen-bond donors (Lipinski definition) is 2. The Morgan fingerprint density at radius 3 is 2.50 bits per heavy atom. The van der Waals surface area contributed by atoms with E-state index in [9.17, 15) is 10.1 Å². The molecule has 4 N–H and O–H groups in total. The van der Waals surface area contributed by atoms with Crippen LogP contribution >= 0.6 is 11.6 Å². The monoisotopic (exact) mass is 328 g/mol. The molecule has 0 aliphatic carbocycles. The molecule has 2 aromatic rings. The highest BCUT2D eigenvalue weighted by atomic mass is 35.5. The molecule has 0 aromatic carbocycles. The van der Waals surface area contributed by atoms with Gasteiger partial charge in [0.1, 0.15) is 0 Å². The minimum Gasteiger partial charge on any atom is -0.481 e. The maximum absolute atomic E-state index is 10.6. The third-order valence-electron chi connectivity index (χ3n) is 2.58. The number of hydrogen-bond acceptors (Lipinski definition) is 5. The number of rotatable bonds is 2. The van der Waals surface area contributed by atoms with Crippen molar-refractivity contribution in [1.29, 1.82) is 0 Å². The minimum absolute atomic E-state index is 0. The molecule has 0 aliphatic rings. The zero-order valence-electron chi connectivity index (χ0n) is 12.4. The Morgan fingerprint density at radius 1 is 1.50 bits per heavy atom. The van der Waals surface area contributed by atoms with Gasteiger partial charge in [0, 0.05) is 44.2 Å². The molecule has 0 saturated carbocycles. The zero-order chi connectivity index (χ0) is 16.2. The molecule has 2 aromatic heterocycles. The fourth-order valence-corrected chi connectivity index (χ4v) is 1.97. The van der Waals surface area contributed by atoms with Crippen LogP contribution in [-0.2, 0) is 11.8 Å². The number of carboxylic acid groups (broad SMARTS) is 1. The lowest BCUT2D eigenvalue weighted by Crippen LogP contribution is -1.96. The molecule has 0 bridgehead atoms. The molecule has 0 aliphatic heterocycles. The quantitative estimate of drug-likeness (QED) is 0.494. The first-order valence-corrected chi connectivity index (χ1v) is 6.24. The molecule has 0 radical (unpaired) electrons. The highest BCUT2D eigenvalue weighted by Crippen LogP contribution is 2.25. The van der Waals surface area contributed by atoms with Crippen LogP contribution < -0.4 is 6.15 Å². The summed E-state index contributed by atoms with van der Waals surface area (Å²) in [6.45, 7) is 2.54. The summed E-state index contributed by atoms with van der Waals surface area (Å²) in [4.78, 5) is 23.2. The van der Waals surface area contributed by atoms with Crippen LogP contribution in [0.2, 0.25) is 5.15 Å². The Balaban J connectivity index is 0.000000791. The summed E-state index contributed by atoms with van der Waals surface area (Å²) < 4.78 is 1.79. The number of nitro groups is 1. The van der Waals surface area contributed by atoms with Crippen LogP contribution in [0.15, 0.2) is 24.0 Å². The van der Waals surface area contributed by atoms with Gasteiger partial charge in [-0.2, -0.15) is 0 Å². The van der Waals surface area contributed by atoms with E-state index >= 15 is 0 Å². The topological polar surface area (TPSA) is 133 Å². The first-order valence-electron chi connectivity index (χ1n) is 5.86. The van der Waals surface area contributed by atoms with Gasteiger partial charge in [-0.1, -0.05) is 11.6 Å². The molecule has 0 fully saturated rings. The van der Waals surface area contributed by atoms with E-state index in [0.717, 1.165) is 23.5 Å². The standard InChI is InChI=1S/C11H10ClN3O2.C2H4O2.H3N/c1-7(15(16)17)5-9-6-8-3-4-13-11(12)10(8)14(9)2;1-2(3)4;/h3-6H,1-2H3;1H3,(H,3,4);1H3/b7-5+;;. The fourth-order valence-electron chi connectivity index (χ4n) is 1.68. The van der Waals surface area contributed by atoms with Crippen molar-refractivity contribution in [3.8, 4) is 0 Å². The normalized spacial score (nSPS) is 10.5. The number of aryl methyl sites for hydroxylation is 1. The number of fused-ring (bicyclic) bond motifs is 1. The van der Waals surface area contributed by atoms with Gasteiger partial charge in [-0.25, -0.2) is 4.98 Å². The van der Waals surface area contributed by atoms with Gasteiger partial charge >= 0.3 is 0 Å². The summed E-state index contributed by atoms with van der Waals surface area (Å²) in [6, 6.07) is 3.66. The van der Waals surface area contributed by atoms with Crippen molar-refractivity contribution in [1.82, 2.24) is 15.7 Å². The van der Waals surface area contributed by atoms with Crippen LogP contribution in [0.3, 0.4) is 0 Å². The van der Waals surface area contributed by atoms with E-state index in [1.165, 1.54) is 13.0 Å². The van der Waals surface area contributed by atoms with Crippen molar-refractivity contribution >= 4 is 34.5 Å². The van der Waals surface area contributed by atoms with Crippen molar-refractivity contribution in [2.24, 2.45) is 7.05 Å². The Bertz CT molecular complexity index is 720. The average Bonchev–Trinajstić information content (AvgIpc) is 2.66. The van der Waals surface area contributed by atoms with Crippen molar-refractivity contribution in [3.05, 3.63) is 45.0 Å². The second-order valence-electron chi connectivity index (χ2n) is 4.23. The molecule has 0 spiro atoms. The lowest BCUT2D eigenvalue weighted by Gasteiger charge is -2.00.